The number of nitrogens with zero attached hydrogens (tertiary/aromatic N) is 2. The topological polar surface area (TPSA) is 41.9 Å². The molecule has 4 nitrogen and oxygen atoms in total. The van der Waals surface area contributed by atoms with Crippen molar-refractivity contribution in [1.82, 2.24) is 0 Å². The molecule has 34 heavy (non-hydrogen) atoms. The van der Waals surface area contributed by atoms with Crippen molar-refractivity contribution in [3.8, 4) is 0 Å². The molecular weight excluding hydrogens is 420 g/mol. The van der Waals surface area contributed by atoms with Crippen molar-refractivity contribution in [2.24, 2.45) is 0 Å². The number of aryl methyl sites for hydroxylation is 2. The van der Waals surface area contributed by atoms with Crippen LogP contribution in [0.3, 0.4) is 0 Å². The zero-order chi connectivity index (χ0) is 23.6. The molecule has 0 bridgehead atoms. The molecule has 2 aromatic heterocycles. The minimum atomic E-state index is 0.0581. The molecule has 0 aliphatic heterocycles. The SMILES string of the molecule is O=C(c1ccccc1)c1cc[n+](CCCCCC[n+]2ccc(C(=O)c3ccccc3)cc2)cc1. The molecule has 0 atom stereocenters. The van der Waals surface area contributed by atoms with Gasteiger partial charge < -0.3 is 0 Å². The number of hydrogen-bond acceptors (Lipinski definition) is 2. The Kier molecular flexibility index (Phi) is 8.07. The average molecular weight is 451 g/mol. The molecule has 2 aromatic carbocycles. The highest BCUT2D eigenvalue weighted by Crippen LogP contribution is 2.09. The van der Waals surface area contributed by atoms with E-state index in [4.69, 9.17) is 0 Å². The molecule has 0 unspecified atom stereocenters. The van der Waals surface area contributed by atoms with Crippen LogP contribution in [0.5, 0.6) is 0 Å². The molecule has 0 aliphatic rings. The number of rotatable bonds is 11. The zero-order valence-electron chi connectivity index (χ0n) is 19.3. The van der Waals surface area contributed by atoms with E-state index >= 15 is 0 Å². The third kappa shape index (κ3) is 6.32. The first-order valence-corrected chi connectivity index (χ1v) is 11.9. The van der Waals surface area contributed by atoms with Crippen LogP contribution in [0.2, 0.25) is 0 Å². The van der Waals surface area contributed by atoms with Crippen molar-refractivity contribution in [2.45, 2.75) is 38.8 Å². The molecule has 0 spiro atoms. The molecule has 0 saturated carbocycles. The van der Waals surface area contributed by atoms with Gasteiger partial charge in [0.15, 0.2) is 36.4 Å². The fraction of sp³-hybridized carbons (Fsp3) is 0.200. The molecular formula is C30H30N2O2+2. The third-order valence-electron chi connectivity index (χ3n) is 5.96. The molecule has 0 N–H and O–H groups in total. The van der Waals surface area contributed by atoms with Gasteiger partial charge in [-0.3, -0.25) is 9.59 Å². The van der Waals surface area contributed by atoms with Crippen LogP contribution in [-0.2, 0) is 13.1 Å². The molecule has 0 saturated heterocycles. The summed E-state index contributed by atoms with van der Waals surface area (Å²) < 4.78 is 4.28. The van der Waals surface area contributed by atoms with Crippen LogP contribution in [0.4, 0.5) is 0 Å². The summed E-state index contributed by atoms with van der Waals surface area (Å²) in [5, 5.41) is 0. The van der Waals surface area contributed by atoms with Gasteiger partial charge in [-0.2, -0.15) is 0 Å². The van der Waals surface area contributed by atoms with Gasteiger partial charge in [-0.25, -0.2) is 9.13 Å². The van der Waals surface area contributed by atoms with E-state index in [2.05, 4.69) is 9.13 Å². The van der Waals surface area contributed by atoms with E-state index in [9.17, 15) is 9.59 Å². The highest BCUT2D eigenvalue weighted by atomic mass is 16.1. The van der Waals surface area contributed by atoms with Crippen molar-refractivity contribution in [1.29, 1.82) is 0 Å². The van der Waals surface area contributed by atoms with Crippen LogP contribution >= 0.6 is 0 Å². The van der Waals surface area contributed by atoms with Gasteiger partial charge >= 0.3 is 0 Å². The van der Waals surface area contributed by atoms with Crippen LogP contribution in [-0.4, -0.2) is 11.6 Å². The Morgan fingerprint density at radius 3 is 1.12 bits per heavy atom. The zero-order valence-corrected chi connectivity index (χ0v) is 19.3. The number of hydrogen-bond donors (Lipinski definition) is 0. The van der Waals surface area contributed by atoms with Gasteiger partial charge in [-0.15, -0.1) is 0 Å². The van der Waals surface area contributed by atoms with Crippen molar-refractivity contribution in [2.75, 3.05) is 0 Å². The lowest BCUT2D eigenvalue weighted by atomic mass is 10.0. The number of carbonyl (C=O) groups excluding carboxylic acids is 2. The van der Waals surface area contributed by atoms with Gasteiger partial charge in [0.2, 0.25) is 0 Å². The lowest BCUT2D eigenvalue weighted by molar-refractivity contribution is -0.698. The monoisotopic (exact) mass is 450 g/mol. The van der Waals surface area contributed by atoms with Crippen LogP contribution in [0, 0.1) is 0 Å². The summed E-state index contributed by atoms with van der Waals surface area (Å²) in [7, 11) is 0. The number of pyridine rings is 2. The minimum absolute atomic E-state index is 0.0581. The molecule has 170 valence electrons. The minimum Gasteiger partial charge on any atom is -0.289 e. The van der Waals surface area contributed by atoms with Crippen molar-refractivity contribution < 1.29 is 18.7 Å². The average Bonchev–Trinajstić information content (AvgIpc) is 2.91. The summed E-state index contributed by atoms with van der Waals surface area (Å²) >= 11 is 0. The predicted molar refractivity (Wildman–Crippen MR) is 131 cm³/mol. The van der Waals surface area contributed by atoms with Crippen LogP contribution in [0.15, 0.2) is 110 Å². The van der Waals surface area contributed by atoms with Crippen LogP contribution in [0.1, 0.15) is 57.5 Å². The van der Waals surface area contributed by atoms with E-state index in [1.54, 1.807) is 0 Å². The second kappa shape index (κ2) is 11.8. The van der Waals surface area contributed by atoms with E-state index in [0.717, 1.165) is 61.0 Å². The molecule has 0 fully saturated rings. The van der Waals surface area contributed by atoms with Crippen LogP contribution < -0.4 is 9.13 Å². The molecule has 0 radical (unpaired) electrons. The summed E-state index contributed by atoms with van der Waals surface area (Å²) in [5.41, 5.74) is 2.87. The number of ketones is 2. The highest BCUT2D eigenvalue weighted by molar-refractivity contribution is 6.09. The Balaban J connectivity index is 1.16. The summed E-state index contributed by atoms with van der Waals surface area (Å²) in [5.74, 6) is 0.116. The molecule has 4 heteroatoms. The number of unbranched alkanes of at least 4 members (excludes halogenated alkanes) is 3. The predicted octanol–water partition coefficient (Wildman–Crippen LogP) is 4.98. The summed E-state index contributed by atoms with van der Waals surface area (Å²) in [4.78, 5) is 25.0. The van der Waals surface area contributed by atoms with Gasteiger partial charge in [0, 0.05) is 59.4 Å². The van der Waals surface area contributed by atoms with Gasteiger partial charge in [0.1, 0.15) is 13.1 Å². The first-order chi connectivity index (χ1) is 16.7. The van der Waals surface area contributed by atoms with Gasteiger partial charge in [-0.1, -0.05) is 60.7 Å². The number of carbonyl (C=O) groups is 2. The summed E-state index contributed by atoms with van der Waals surface area (Å²) in [6, 6.07) is 26.4. The Morgan fingerprint density at radius 1 is 0.441 bits per heavy atom. The van der Waals surface area contributed by atoms with E-state index in [-0.39, 0.29) is 11.6 Å². The lowest BCUT2D eigenvalue weighted by Gasteiger charge is -2.02. The molecule has 2 heterocycles. The van der Waals surface area contributed by atoms with Gasteiger partial charge in [0.05, 0.1) is 0 Å². The maximum Gasteiger partial charge on any atom is 0.193 e. The Morgan fingerprint density at radius 2 is 0.765 bits per heavy atom. The van der Waals surface area contributed by atoms with Gasteiger partial charge in [0.25, 0.3) is 0 Å². The Labute approximate surface area is 201 Å². The fourth-order valence-electron chi connectivity index (χ4n) is 3.97. The first-order valence-electron chi connectivity index (χ1n) is 11.9. The molecule has 4 rings (SSSR count). The van der Waals surface area contributed by atoms with Gasteiger partial charge in [-0.05, 0) is 12.8 Å². The standard InChI is InChI=1S/C30H30N2O2/c33-29(25-11-5-3-6-12-25)27-15-21-31(22-16-27)19-9-1-2-10-20-32-23-17-28(18-24-32)30(34)26-13-7-4-8-14-26/h3-8,11-18,21-24H,1-2,9-10,19-20H2/q+2. The second-order valence-electron chi connectivity index (χ2n) is 8.45. The van der Waals surface area contributed by atoms with Crippen molar-refractivity contribution >= 4 is 11.6 Å². The Hall–Kier alpha value is -3.92. The largest absolute Gasteiger partial charge is 0.289 e. The van der Waals surface area contributed by atoms with Crippen molar-refractivity contribution in [3.05, 3.63) is 132 Å². The fourth-order valence-corrected chi connectivity index (χ4v) is 3.97. The maximum absolute atomic E-state index is 12.5. The second-order valence-corrected chi connectivity index (χ2v) is 8.45. The van der Waals surface area contributed by atoms with Crippen LogP contribution in [0.25, 0.3) is 0 Å². The first kappa shape index (κ1) is 23.2. The third-order valence-corrected chi connectivity index (χ3v) is 5.96. The molecule has 4 aromatic rings. The Bertz CT molecular complexity index is 1100. The lowest BCUT2D eigenvalue weighted by Crippen LogP contribution is -2.33. The summed E-state index contributed by atoms with van der Waals surface area (Å²) in [6.45, 7) is 1.90. The van der Waals surface area contributed by atoms with E-state index in [1.165, 1.54) is 0 Å². The molecule has 0 aliphatic carbocycles. The smallest absolute Gasteiger partial charge is 0.193 e. The van der Waals surface area contributed by atoms with Crippen molar-refractivity contribution in [3.63, 3.8) is 0 Å². The maximum atomic E-state index is 12.5. The summed E-state index contributed by atoms with van der Waals surface area (Å²) in [6.07, 6.45) is 12.5. The normalized spacial score (nSPS) is 10.7. The quantitative estimate of drug-likeness (QED) is 0.184. The number of aromatic nitrogens is 2. The number of benzene rings is 2. The van der Waals surface area contributed by atoms with E-state index in [1.807, 2.05) is 110 Å². The molecule has 0 amide bonds. The van der Waals surface area contributed by atoms with E-state index in [0.29, 0.717) is 0 Å². The highest BCUT2D eigenvalue weighted by Gasteiger charge is 2.12. The van der Waals surface area contributed by atoms with E-state index < -0.39 is 0 Å².